The summed E-state index contributed by atoms with van der Waals surface area (Å²) in [5.41, 5.74) is 8.55. The lowest BCUT2D eigenvalue weighted by Crippen LogP contribution is -1.99. The lowest BCUT2D eigenvalue weighted by molar-refractivity contribution is 0.624. The van der Waals surface area contributed by atoms with Crippen LogP contribution in [0.3, 0.4) is 0 Å². The lowest BCUT2D eigenvalue weighted by atomic mass is 9.99. The van der Waals surface area contributed by atoms with Crippen LogP contribution >= 0.6 is 0 Å². The second-order valence-electron chi connectivity index (χ2n) is 4.09. The van der Waals surface area contributed by atoms with E-state index in [0.717, 1.165) is 16.7 Å². The highest BCUT2D eigenvalue weighted by Gasteiger charge is 2.06. The Kier molecular flexibility index (Phi) is 3.09. The molecule has 0 fully saturated rings. The largest absolute Gasteiger partial charge is 0.398 e. The second-order valence-corrected chi connectivity index (χ2v) is 4.09. The molecule has 0 aliphatic heterocycles. The molecule has 2 N–H and O–H groups in total. The number of benzene rings is 2. The molecule has 2 aromatic carbocycles. The normalized spacial score (nSPS) is 10.5. The quantitative estimate of drug-likeness (QED) is 0.790. The standard InChI is InChI=1S/C14H13F2N/c1-9-11(7-13(16)8-14(9)17)5-10-3-2-4-12(15)6-10/h2-4,6-8H,5,17H2,1H3. The van der Waals surface area contributed by atoms with Crippen LogP contribution in [0.5, 0.6) is 0 Å². The Labute approximate surface area is 98.9 Å². The molecule has 0 saturated carbocycles. The smallest absolute Gasteiger partial charge is 0.125 e. The van der Waals surface area contributed by atoms with Gasteiger partial charge in [0.15, 0.2) is 0 Å². The van der Waals surface area contributed by atoms with E-state index < -0.39 is 0 Å². The van der Waals surface area contributed by atoms with Crippen LogP contribution in [0, 0.1) is 18.6 Å². The van der Waals surface area contributed by atoms with Crippen LogP contribution in [-0.2, 0) is 6.42 Å². The molecule has 0 aromatic heterocycles. The number of anilines is 1. The first kappa shape index (κ1) is 11.6. The van der Waals surface area contributed by atoms with E-state index in [0.29, 0.717) is 12.1 Å². The summed E-state index contributed by atoms with van der Waals surface area (Å²) < 4.78 is 26.3. The van der Waals surface area contributed by atoms with E-state index in [1.54, 1.807) is 6.07 Å². The third-order valence-electron chi connectivity index (χ3n) is 2.80. The Bertz CT molecular complexity index is 550. The van der Waals surface area contributed by atoms with Gasteiger partial charge < -0.3 is 5.73 Å². The van der Waals surface area contributed by atoms with E-state index >= 15 is 0 Å². The Morgan fingerprint density at radius 1 is 1.06 bits per heavy atom. The van der Waals surface area contributed by atoms with E-state index in [1.807, 2.05) is 13.0 Å². The molecule has 2 aromatic rings. The summed E-state index contributed by atoms with van der Waals surface area (Å²) in [6.45, 7) is 1.84. The SMILES string of the molecule is Cc1c(N)cc(F)cc1Cc1cccc(F)c1. The topological polar surface area (TPSA) is 26.0 Å². The monoisotopic (exact) mass is 233 g/mol. The lowest BCUT2D eigenvalue weighted by Gasteiger charge is -2.09. The fraction of sp³-hybridized carbons (Fsp3) is 0.143. The summed E-state index contributed by atoms with van der Waals surface area (Å²) in [7, 11) is 0. The van der Waals surface area contributed by atoms with Gasteiger partial charge in [0.1, 0.15) is 11.6 Å². The fourth-order valence-electron chi connectivity index (χ4n) is 1.81. The van der Waals surface area contributed by atoms with E-state index in [1.165, 1.54) is 24.3 Å². The van der Waals surface area contributed by atoms with Crippen LogP contribution in [0.25, 0.3) is 0 Å². The molecule has 0 atom stereocenters. The van der Waals surface area contributed by atoms with E-state index in [9.17, 15) is 8.78 Å². The van der Waals surface area contributed by atoms with E-state index in [-0.39, 0.29) is 11.6 Å². The minimum Gasteiger partial charge on any atom is -0.398 e. The van der Waals surface area contributed by atoms with Gasteiger partial charge in [-0.15, -0.1) is 0 Å². The van der Waals surface area contributed by atoms with Gasteiger partial charge in [0.2, 0.25) is 0 Å². The van der Waals surface area contributed by atoms with Crippen molar-refractivity contribution in [1.82, 2.24) is 0 Å². The number of nitrogens with two attached hydrogens (primary N) is 1. The maximum atomic E-state index is 13.2. The molecule has 0 spiro atoms. The van der Waals surface area contributed by atoms with Crippen molar-refractivity contribution in [3.63, 3.8) is 0 Å². The second kappa shape index (κ2) is 4.53. The highest BCUT2D eigenvalue weighted by atomic mass is 19.1. The fourth-order valence-corrected chi connectivity index (χ4v) is 1.81. The molecule has 88 valence electrons. The first-order chi connectivity index (χ1) is 8.06. The Morgan fingerprint density at radius 3 is 2.53 bits per heavy atom. The minimum absolute atomic E-state index is 0.287. The van der Waals surface area contributed by atoms with Crippen molar-refractivity contribution < 1.29 is 8.78 Å². The molecule has 1 nitrogen and oxygen atoms in total. The van der Waals surface area contributed by atoms with Crippen LogP contribution in [-0.4, -0.2) is 0 Å². The molecule has 0 saturated heterocycles. The van der Waals surface area contributed by atoms with Gasteiger partial charge in [-0.25, -0.2) is 8.78 Å². The Morgan fingerprint density at radius 2 is 1.82 bits per heavy atom. The average Bonchev–Trinajstić information content (AvgIpc) is 2.25. The van der Waals surface area contributed by atoms with Crippen molar-refractivity contribution in [2.75, 3.05) is 5.73 Å². The number of rotatable bonds is 2. The number of nitrogen functional groups attached to an aromatic ring is 1. The molecule has 0 radical (unpaired) electrons. The van der Waals surface area contributed by atoms with Gasteiger partial charge in [-0.3, -0.25) is 0 Å². The highest BCUT2D eigenvalue weighted by Crippen LogP contribution is 2.21. The third-order valence-corrected chi connectivity index (χ3v) is 2.80. The van der Waals surface area contributed by atoms with Crippen molar-refractivity contribution in [3.8, 4) is 0 Å². The Hall–Kier alpha value is -1.90. The van der Waals surface area contributed by atoms with E-state index in [4.69, 9.17) is 5.73 Å². The van der Waals surface area contributed by atoms with Gasteiger partial charge in [0.25, 0.3) is 0 Å². The summed E-state index contributed by atoms with van der Waals surface area (Å²) in [6.07, 6.45) is 0.478. The van der Waals surface area contributed by atoms with Crippen LogP contribution in [0.15, 0.2) is 36.4 Å². The Balaban J connectivity index is 2.36. The van der Waals surface area contributed by atoms with E-state index in [2.05, 4.69) is 0 Å². The molecule has 0 unspecified atom stereocenters. The van der Waals surface area contributed by atoms with Crippen LogP contribution in [0.1, 0.15) is 16.7 Å². The molecule has 0 bridgehead atoms. The molecule has 0 aliphatic rings. The van der Waals surface area contributed by atoms with Gasteiger partial charge in [-0.2, -0.15) is 0 Å². The van der Waals surface area contributed by atoms with Crippen molar-refractivity contribution in [3.05, 3.63) is 64.7 Å². The predicted octanol–water partition coefficient (Wildman–Crippen LogP) is 3.45. The molecule has 17 heavy (non-hydrogen) atoms. The van der Waals surface area contributed by atoms with Gasteiger partial charge in [-0.1, -0.05) is 12.1 Å². The molecule has 0 aliphatic carbocycles. The van der Waals surface area contributed by atoms with Gasteiger partial charge in [0, 0.05) is 5.69 Å². The molecule has 2 rings (SSSR count). The first-order valence-electron chi connectivity index (χ1n) is 5.35. The summed E-state index contributed by atoms with van der Waals surface area (Å²) in [4.78, 5) is 0. The maximum Gasteiger partial charge on any atom is 0.125 e. The molecular formula is C14H13F2N. The predicted molar refractivity (Wildman–Crippen MR) is 64.8 cm³/mol. The highest BCUT2D eigenvalue weighted by molar-refractivity contribution is 5.51. The summed E-state index contributed by atoms with van der Waals surface area (Å²) in [6, 6.07) is 9.02. The molecule has 0 amide bonds. The number of hydrogen-bond acceptors (Lipinski definition) is 1. The van der Waals surface area contributed by atoms with Crippen molar-refractivity contribution in [2.24, 2.45) is 0 Å². The van der Waals surface area contributed by atoms with Crippen molar-refractivity contribution >= 4 is 5.69 Å². The molecular weight excluding hydrogens is 220 g/mol. The number of halogens is 2. The minimum atomic E-state index is -0.362. The first-order valence-corrected chi connectivity index (χ1v) is 5.35. The summed E-state index contributed by atoms with van der Waals surface area (Å²) in [5.74, 6) is -0.649. The van der Waals surface area contributed by atoms with Gasteiger partial charge in [0.05, 0.1) is 0 Å². The van der Waals surface area contributed by atoms with Crippen LogP contribution in [0.2, 0.25) is 0 Å². The zero-order valence-corrected chi connectivity index (χ0v) is 9.50. The zero-order chi connectivity index (χ0) is 12.4. The van der Waals surface area contributed by atoms with Gasteiger partial charge in [-0.05, 0) is 54.3 Å². The van der Waals surface area contributed by atoms with Crippen LogP contribution in [0.4, 0.5) is 14.5 Å². The summed E-state index contributed by atoms with van der Waals surface area (Å²) >= 11 is 0. The van der Waals surface area contributed by atoms with Crippen LogP contribution < -0.4 is 5.73 Å². The third kappa shape index (κ3) is 2.61. The average molecular weight is 233 g/mol. The van der Waals surface area contributed by atoms with Crippen molar-refractivity contribution in [2.45, 2.75) is 13.3 Å². The van der Waals surface area contributed by atoms with Crippen molar-refractivity contribution in [1.29, 1.82) is 0 Å². The summed E-state index contributed by atoms with van der Waals surface area (Å²) in [5, 5.41) is 0. The zero-order valence-electron chi connectivity index (χ0n) is 9.50. The van der Waals surface area contributed by atoms with Gasteiger partial charge >= 0.3 is 0 Å². The maximum absolute atomic E-state index is 13.2. The number of hydrogen-bond donors (Lipinski definition) is 1. The molecule has 3 heteroatoms. The molecule has 0 heterocycles.